The largest absolute Gasteiger partial charge is 0.352 e. The zero-order valence-corrected chi connectivity index (χ0v) is 15.9. The van der Waals surface area contributed by atoms with E-state index in [4.69, 9.17) is 0 Å². The first-order valence-corrected chi connectivity index (χ1v) is 8.50. The molecule has 2 N–H and O–H groups in total. The summed E-state index contributed by atoms with van der Waals surface area (Å²) in [5.74, 6) is 0.882. The molecule has 1 amide bonds. The van der Waals surface area contributed by atoms with E-state index < -0.39 is 0 Å². The highest BCUT2D eigenvalue weighted by Gasteiger charge is 2.30. The maximum Gasteiger partial charge on any atom is 0.223 e. The van der Waals surface area contributed by atoms with Crippen molar-refractivity contribution in [3.8, 4) is 0 Å². The summed E-state index contributed by atoms with van der Waals surface area (Å²) in [5, 5.41) is 6.52. The summed E-state index contributed by atoms with van der Waals surface area (Å²) < 4.78 is 0. The minimum absolute atomic E-state index is 0. The maximum atomic E-state index is 12.4. The van der Waals surface area contributed by atoms with Crippen LogP contribution in [0.25, 0.3) is 0 Å². The van der Waals surface area contributed by atoms with Gasteiger partial charge in [-0.25, -0.2) is 0 Å². The predicted molar refractivity (Wildman–Crippen MR) is 103 cm³/mol. The summed E-state index contributed by atoms with van der Waals surface area (Å²) in [4.78, 5) is 14.8. The molecule has 4 nitrogen and oxygen atoms in total. The molecule has 2 saturated heterocycles. The lowest BCUT2D eigenvalue weighted by molar-refractivity contribution is -0.127. The maximum absolute atomic E-state index is 12.4. The smallest absolute Gasteiger partial charge is 0.223 e. The molecule has 1 aromatic rings. The van der Waals surface area contributed by atoms with Crippen molar-refractivity contribution in [1.29, 1.82) is 0 Å². The third kappa shape index (κ3) is 5.62. The van der Waals surface area contributed by atoms with E-state index in [1.807, 2.05) is 0 Å². The van der Waals surface area contributed by atoms with Crippen molar-refractivity contribution in [2.45, 2.75) is 32.4 Å². The van der Waals surface area contributed by atoms with E-state index >= 15 is 0 Å². The van der Waals surface area contributed by atoms with Gasteiger partial charge in [0.05, 0.1) is 0 Å². The molecule has 2 aliphatic heterocycles. The highest BCUT2D eigenvalue weighted by atomic mass is 35.5. The van der Waals surface area contributed by atoms with Crippen LogP contribution in [0.5, 0.6) is 0 Å². The first-order chi connectivity index (χ1) is 10.7. The van der Waals surface area contributed by atoms with Crippen LogP contribution in [0, 0.1) is 11.8 Å². The standard InChI is InChI=1S/C18H27N3O.2ClH/c1-14(16-10-19-11-16)18(22)20-17-8-5-9-21(13-17)12-15-6-3-2-4-7-15;;/h2-4,6-7,14,16-17,19H,5,8-13H2,1H3,(H,20,22);2*1H. The third-order valence-corrected chi connectivity index (χ3v) is 5.03. The molecule has 2 heterocycles. The number of likely N-dealkylation sites (tertiary alicyclic amines) is 1. The lowest BCUT2D eigenvalue weighted by atomic mass is 9.88. The first kappa shape index (κ1) is 21.2. The number of benzene rings is 1. The van der Waals surface area contributed by atoms with Gasteiger partial charge >= 0.3 is 0 Å². The Balaban J connectivity index is 0.00000144. The average molecular weight is 374 g/mol. The van der Waals surface area contributed by atoms with Crippen LogP contribution in [0.3, 0.4) is 0 Å². The molecule has 2 fully saturated rings. The van der Waals surface area contributed by atoms with E-state index in [0.29, 0.717) is 12.0 Å². The van der Waals surface area contributed by atoms with Gasteiger partial charge in [0, 0.05) is 25.0 Å². The van der Waals surface area contributed by atoms with Gasteiger partial charge < -0.3 is 10.6 Å². The van der Waals surface area contributed by atoms with Crippen molar-refractivity contribution < 1.29 is 4.79 Å². The van der Waals surface area contributed by atoms with Crippen molar-refractivity contribution in [2.24, 2.45) is 11.8 Å². The minimum atomic E-state index is 0. The Hall–Kier alpha value is -0.810. The molecule has 2 unspecified atom stereocenters. The van der Waals surface area contributed by atoms with Crippen LogP contribution in [-0.4, -0.2) is 43.0 Å². The number of halogens is 2. The van der Waals surface area contributed by atoms with E-state index in [9.17, 15) is 4.79 Å². The van der Waals surface area contributed by atoms with Crippen molar-refractivity contribution in [3.05, 3.63) is 35.9 Å². The topological polar surface area (TPSA) is 44.4 Å². The van der Waals surface area contributed by atoms with Crippen molar-refractivity contribution >= 4 is 30.7 Å². The van der Waals surface area contributed by atoms with Gasteiger partial charge in [-0.2, -0.15) is 0 Å². The zero-order chi connectivity index (χ0) is 15.4. The van der Waals surface area contributed by atoms with Crippen molar-refractivity contribution in [1.82, 2.24) is 15.5 Å². The molecule has 3 rings (SSSR count). The predicted octanol–water partition coefficient (Wildman–Crippen LogP) is 2.47. The van der Waals surface area contributed by atoms with E-state index in [2.05, 4.69) is 52.8 Å². The van der Waals surface area contributed by atoms with E-state index in [1.165, 1.54) is 5.56 Å². The molecule has 6 heteroatoms. The van der Waals surface area contributed by atoms with Crippen molar-refractivity contribution in [3.63, 3.8) is 0 Å². The van der Waals surface area contributed by atoms with Crippen LogP contribution in [-0.2, 0) is 11.3 Å². The third-order valence-electron chi connectivity index (χ3n) is 5.03. The first-order valence-electron chi connectivity index (χ1n) is 8.50. The van der Waals surface area contributed by atoms with Gasteiger partial charge in [0.1, 0.15) is 0 Å². The van der Waals surface area contributed by atoms with Crippen LogP contribution < -0.4 is 10.6 Å². The number of rotatable bonds is 5. The molecule has 0 saturated carbocycles. The molecular formula is C18H29Cl2N3O. The van der Waals surface area contributed by atoms with Crippen LogP contribution in [0.2, 0.25) is 0 Å². The second-order valence-corrected chi connectivity index (χ2v) is 6.78. The van der Waals surface area contributed by atoms with Crippen molar-refractivity contribution in [2.75, 3.05) is 26.2 Å². The quantitative estimate of drug-likeness (QED) is 0.832. The van der Waals surface area contributed by atoms with E-state index in [0.717, 1.165) is 45.6 Å². The summed E-state index contributed by atoms with van der Waals surface area (Å²) >= 11 is 0. The molecule has 0 aliphatic carbocycles. The van der Waals surface area contributed by atoms with Gasteiger partial charge in [0.2, 0.25) is 5.91 Å². The number of carbonyl (C=O) groups is 1. The second kappa shape index (κ2) is 10.2. The van der Waals surface area contributed by atoms with Gasteiger partial charge in [0.15, 0.2) is 0 Å². The number of amides is 1. The normalized spacial score (nSPS) is 22.5. The van der Waals surface area contributed by atoms with Gasteiger partial charge in [0.25, 0.3) is 0 Å². The zero-order valence-electron chi connectivity index (χ0n) is 14.2. The summed E-state index contributed by atoms with van der Waals surface area (Å²) in [5.41, 5.74) is 1.35. The highest BCUT2D eigenvalue weighted by Crippen LogP contribution is 2.18. The molecule has 0 aromatic heterocycles. The van der Waals surface area contributed by atoms with E-state index in [1.54, 1.807) is 0 Å². The van der Waals surface area contributed by atoms with Crippen LogP contribution in [0.1, 0.15) is 25.3 Å². The van der Waals surface area contributed by atoms with Crippen LogP contribution in [0.4, 0.5) is 0 Å². The Morgan fingerprint density at radius 1 is 1.29 bits per heavy atom. The number of carbonyl (C=O) groups excluding carboxylic acids is 1. The number of nitrogens with one attached hydrogen (secondary N) is 2. The van der Waals surface area contributed by atoms with Gasteiger partial charge in [-0.3, -0.25) is 9.69 Å². The minimum Gasteiger partial charge on any atom is -0.352 e. The van der Waals surface area contributed by atoms with Gasteiger partial charge in [-0.05, 0) is 44.0 Å². The SMILES string of the molecule is CC(C(=O)NC1CCCN(Cc2ccccc2)C1)C1CNC1.Cl.Cl. The molecule has 24 heavy (non-hydrogen) atoms. The summed E-state index contributed by atoms with van der Waals surface area (Å²) in [6.07, 6.45) is 2.27. The molecule has 1 aromatic carbocycles. The number of nitrogens with zero attached hydrogens (tertiary/aromatic N) is 1. The fraction of sp³-hybridized carbons (Fsp3) is 0.611. The summed E-state index contributed by atoms with van der Waals surface area (Å²) in [7, 11) is 0. The average Bonchev–Trinajstić information content (AvgIpc) is 2.47. The molecule has 0 spiro atoms. The molecule has 2 atom stereocenters. The molecular weight excluding hydrogens is 345 g/mol. The van der Waals surface area contributed by atoms with Crippen LogP contribution >= 0.6 is 24.8 Å². The summed E-state index contributed by atoms with van der Waals surface area (Å²) in [6, 6.07) is 10.9. The van der Waals surface area contributed by atoms with Gasteiger partial charge in [-0.1, -0.05) is 37.3 Å². The Bertz CT molecular complexity index is 496. The number of piperidine rings is 1. The van der Waals surface area contributed by atoms with E-state index in [-0.39, 0.29) is 36.6 Å². The fourth-order valence-electron chi connectivity index (χ4n) is 3.37. The second-order valence-electron chi connectivity index (χ2n) is 6.78. The highest BCUT2D eigenvalue weighted by molar-refractivity contribution is 5.85. The number of hydrogen-bond acceptors (Lipinski definition) is 3. The van der Waals surface area contributed by atoms with Gasteiger partial charge in [-0.15, -0.1) is 24.8 Å². The molecule has 2 aliphatic rings. The Morgan fingerprint density at radius 3 is 2.62 bits per heavy atom. The monoisotopic (exact) mass is 373 g/mol. The lowest BCUT2D eigenvalue weighted by Gasteiger charge is -2.36. The fourth-order valence-corrected chi connectivity index (χ4v) is 3.37. The van der Waals surface area contributed by atoms with Crippen LogP contribution in [0.15, 0.2) is 30.3 Å². The molecule has 136 valence electrons. The molecule has 0 radical (unpaired) electrons. The Morgan fingerprint density at radius 2 is 2.00 bits per heavy atom. The summed E-state index contributed by atoms with van der Waals surface area (Å²) in [6.45, 7) is 7.11. The Kier molecular flexibility index (Phi) is 9.06. The number of hydrogen-bond donors (Lipinski definition) is 2. The Labute approximate surface area is 157 Å². The lowest BCUT2D eigenvalue weighted by Crippen LogP contribution is -2.53. The molecule has 0 bridgehead atoms.